The molecule has 0 heterocycles. The van der Waals surface area contributed by atoms with Gasteiger partial charge in [-0.15, -0.1) is 0 Å². The molecule has 0 aliphatic rings. The van der Waals surface area contributed by atoms with Crippen LogP contribution in [0.15, 0.2) is 48.5 Å². The van der Waals surface area contributed by atoms with Crippen molar-refractivity contribution >= 4 is 0 Å². The Morgan fingerprint density at radius 2 is 0.824 bits per heavy atom. The molecule has 0 unspecified atom stereocenters. The van der Waals surface area contributed by atoms with Gasteiger partial charge in [0.1, 0.15) is 0 Å². The molecule has 0 bridgehead atoms. The standard InChI is InChI=1S/C34H50/c1-27(2)9-7-11-29(5)13-15-31-17-21-33(22-18-31)25-26-34-23-19-32(20-24-34)16-14-30(6)12-8-10-28(3)4/h17-24,27-30H,7-16H2,1-6H3/t29-,30-/m0/s1. The van der Waals surface area contributed by atoms with Crippen molar-refractivity contribution in [1.29, 1.82) is 0 Å². The minimum Gasteiger partial charge on any atom is -0.0628 e. The van der Waals surface area contributed by atoms with Gasteiger partial charge in [0, 0.05) is 11.1 Å². The zero-order chi connectivity index (χ0) is 24.8. The lowest BCUT2D eigenvalue weighted by molar-refractivity contribution is 0.437. The van der Waals surface area contributed by atoms with Gasteiger partial charge in [0.05, 0.1) is 0 Å². The third kappa shape index (κ3) is 12.5. The average Bonchev–Trinajstić information content (AvgIpc) is 2.81. The highest BCUT2D eigenvalue weighted by atomic mass is 14.1. The first-order valence-electron chi connectivity index (χ1n) is 14.0. The Morgan fingerprint density at radius 1 is 0.471 bits per heavy atom. The molecule has 2 rings (SSSR count). The van der Waals surface area contributed by atoms with Gasteiger partial charge >= 0.3 is 0 Å². The molecule has 2 aromatic rings. The summed E-state index contributed by atoms with van der Waals surface area (Å²) in [4.78, 5) is 0. The second kappa shape index (κ2) is 15.8. The Hall–Kier alpha value is -2.00. The van der Waals surface area contributed by atoms with E-state index >= 15 is 0 Å². The molecule has 0 aromatic heterocycles. The van der Waals surface area contributed by atoms with E-state index in [-0.39, 0.29) is 0 Å². The minimum atomic E-state index is 0.814. The topological polar surface area (TPSA) is 0 Å². The maximum Gasteiger partial charge on any atom is 0.0249 e. The molecule has 0 aliphatic carbocycles. The first-order chi connectivity index (χ1) is 16.3. The lowest BCUT2D eigenvalue weighted by Gasteiger charge is -2.12. The summed E-state index contributed by atoms with van der Waals surface area (Å²) in [7, 11) is 0. The van der Waals surface area contributed by atoms with Crippen LogP contribution in [0.4, 0.5) is 0 Å². The van der Waals surface area contributed by atoms with E-state index in [9.17, 15) is 0 Å². The van der Waals surface area contributed by atoms with Gasteiger partial charge in [0.25, 0.3) is 0 Å². The summed E-state index contributed by atoms with van der Waals surface area (Å²) in [6.07, 6.45) is 13.1. The lowest BCUT2D eigenvalue weighted by Crippen LogP contribution is -1.99. The normalized spacial score (nSPS) is 13.1. The summed E-state index contributed by atoms with van der Waals surface area (Å²) in [5.41, 5.74) is 5.08. The number of hydrogen-bond donors (Lipinski definition) is 0. The van der Waals surface area contributed by atoms with Crippen molar-refractivity contribution < 1.29 is 0 Å². The highest BCUT2D eigenvalue weighted by Crippen LogP contribution is 2.19. The summed E-state index contributed by atoms with van der Waals surface area (Å²) in [6, 6.07) is 17.8. The Balaban J connectivity index is 1.74. The molecule has 0 saturated carbocycles. The predicted octanol–water partition coefficient (Wildman–Crippen LogP) is 9.88. The highest BCUT2D eigenvalue weighted by molar-refractivity contribution is 5.44. The fourth-order valence-corrected chi connectivity index (χ4v) is 4.52. The van der Waals surface area contributed by atoms with E-state index in [0.29, 0.717) is 0 Å². The van der Waals surface area contributed by atoms with Gasteiger partial charge in [0.15, 0.2) is 0 Å². The molecular formula is C34H50. The number of aryl methyl sites for hydroxylation is 2. The molecule has 2 aromatic carbocycles. The summed E-state index contributed by atoms with van der Waals surface area (Å²) in [5, 5.41) is 0. The number of hydrogen-bond acceptors (Lipinski definition) is 0. The van der Waals surface area contributed by atoms with Gasteiger partial charge in [0.2, 0.25) is 0 Å². The van der Waals surface area contributed by atoms with Crippen LogP contribution in [0, 0.1) is 35.5 Å². The van der Waals surface area contributed by atoms with Crippen LogP contribution in [0.2, 0.25) is 0 Å². The predicted molar refractivity (Wildman–Crippen MR) is 151 cm³/mol. The molecule has 0 amide bonds. The first kappa shape index (κ1) is 28.2. The number of benzene rings is 2. The van der Waals surface area contributed by atoms with Crippen LogP contribution in [0.5, 0.6) is 0 Å². The van der Waals surface area contributed by atoms with Crippen molar-refractivity contribution in [1.82, 2.24) is 0 Å². The molecule has 0 radical (unpaired) electrons. The van der Waals surface area contributed by atoms with Crippen molar-refractivity contribution in [3.63, 3.8) is 0 Å². The van der Waals surface area contributed by atoms with E-state index in [4.69, 9.17) is 0 Å². The van der Waals surface area contributed by atoms with Gasteiger partial charge in [-0.25, -0.2) is 0 Å². The molecule has 0 saturated heterocycles. The second-order valence-electron chi connectivity index (χ2n) is 11.6. The molecule has 0 heteroatoms. The van der Waals surface area contributed by atoms with Gasteiger partial charge in [-0.05, 0) is 84.7 Å². The van der Waals surface area contributed by atoms with Crippen LogP contribution < -0.4 is 0 Å². The third-order valence-electron chi connectivity index (χ3n) is 7.07. The summed E-state index contributed by atoms with van der Waals surface area (Å²) in [6.45, 7) is 14.1. The van der Waals surface area contributed by atoms with Crippen LogP contribution in [-0.2, 0) is 12.8 Å². The first-order valence-corrected chi connectivity index (χ1v) is 14.0. The Labute approximate surface area is 212 Å². The van der Waals surface area contributed by atoms with Crippen molar-refractivity contribution in [3.8, 4) is 11.8 Å². The third-order valence-corrected chi connectivity index (χ3v) is 7.07. The maximum absolute atomic E-state index is 3.34. The molecule has 186 valence electrons. The molecule has 34 heavy (non-hydrogen) atoms. The van der Waals surface area contributed by atoms with Gasteiger partial charge in [-0.3, -0.25) is 0 Å². The Morgan fingerprint density at radius 3 is 1.15 bits per heavy atom. The van der Waals surface area contributed by atoms with E-state index in [1.54, 1.807) is 0 Å². The Bertz CT molecular complexity index is 770. The molecule has 2 atom stereocenters. The van der Waals surface area contributed by atoms with E-state index in [0.717, 1.165) is 34.8 Å². The largest absolute Gasteiger partial charge is 0.0628 e. The molecular weight excluding hydrogens is 408 g/mol. The van der Waals surface area contributed by atoms with E-state index in [1.807, 2.05) is 0 Å². The van der Waals surface area contributed by atoms with E-state index < -0.39 is 0 Å². The fourth-order valence-electron chi connectivity index (χ4n) is 4.52. The van der Waals surface area contributed by atoms with Crippen molar-refractivity contribution in [3.05, 3.63) is 70.8 Å². The minimum absolute atomic E-state index is 0.814. The van der Waals surface area contributed by atoms with Crippen LogP contribution in [0.25, 0.3) is 0 Å². The summed E-state index contributed by atoms with van der Waals surface area (Å²) >= 11 is 0. The van der Waals surface area contributed by atoms with Crippen LogP contribution in [0.1, 0.15) is 115 Å². The molecule has 0 fully saturated rings. The van der Waals surface area contributed by atoms with E-state index in [1.165, 1.54) is 75.3 Å². The smallest absolute Gasteiger partial charge is 0.0249 e. The quantitative estimate of drug-likeness (QED) is 0.247. The van der Waals surface area contributed by atoms with Gasteiger partial charge < -0.3 is 0 Å². The SMILES string of the molecule is CC(C)CCC[C@H](C)CCc1ccc(C#Cc2ccc(CC[C@@H](C)CCCC(C)C)cc2)cc1. The van der Waals surface area contributed by atoms with Crippen LogP contribution in [-0.4, -0.2) is 0 Å². The fraction of sp³-hybridized carbons (Fsp3) is 0.588. The monoisotopic (exact) mass is 458 g/mol. The van der Waals surface area contributed by atoms with E-state index in [2.05, 4.69) is 102 Å². The second-order valence-corrected chi connectivity index (χ2v) is 11.6. The van der Waals surface area contributed by atoms with Crippen LogP contribution >= 0.6 is 0 Å². The summed E-state index contributed by atoms with van der Waals surface area (Å²) in [5.74, 6) is 9.98. The van der Waals surface area contributed by atoms with Crippen molar-refractivity contribution in [2.24, 2.45) is 23.7 Å². The zero-order valence-electron chi connectivity index (χ0n) is 23.0. The van der Waals surface area contributed by atoms with Crippen molar-refractivity contribution in [2.45, 2.75) is 106 Å². The Kier molecular flexibility index (Phi) is 13.1. The summed E-state index contributed by atoms with van der Waals surface area (Å²) < 4.78 is 0. The average molecular weight is 459 g/mol. The number of rotatable bonds is 14. The molecule has 0 nitrogen and oxygen atoms in total. The zero-order valence-corrected chi connectivity index (χ0v) is 23.0. The van der Waals surface area contributed by atoms with Crippen LogP contribution in [0.3, 0.4) is 0 Å². The maximum atomic E-state index is 3.34. The van der Waals surface area contributed by atoms with Crippen molar-refractivity contribution in [2.75, 3.05) is 0 Å². The highest BCUT2D eigenvalue weighted by Gasteiger charge is 2.05. The molecule has 0 aliphatic heterocycles. The molecule has 0 N–H and O–H groups in total. The molecule has 0 spiro atoms. The van der Waals surface area contributed by atoms with Gasteiger partial charge in [-0.2, -0.15) is 0 Å². The van der Waals surface area contributed by atoms with Gasteiger partial charge in [-0.1, -0.05) is 116 Å². The lowest BCUT2D eigenvalue weighted by atomic mass is 9.94.